The predicted octanol–water partition coefficient (Wildman–Crippen LogP) is 1.92. The fourth-order valence-electron chi connectivity index (χ4n) is 2.18. The highest BCUT2D eigenvalue weighted by molar-refractivity contribution is 5.78. The molecule has 19 heavy (non-hydrogen) atoms. The minimum Gasteiger partial charge on any atom is -0.494 e. The molecule has 4 nitrogen and oxygen atoms in total. The van der Waals surface area contributed by atoms with Crippen LogP contribution in [-0.2, 0) is 16.0 Å². The zero-order chi connectivity index (χ0) is 13.5. The number of nitrogens with one attached hydrogen (secondary N) is 1. The summed E-state index contributed by atoms with van der Waals surface area (Å²) < 4.78 is 10.6. The molecule has 1 aromatic carbocycles. The summed E-state index contributed by atoms with van der Waals surface area (Å²) in [5.74, 6) is 0.923. The second kappa shape index (κ2) is 7.14. The molecule has 1 saturated heterocycles. The summed E-state index contributed by atoms with van der Waals surface area (Å²) in [6.07, 6.45) is 2.24. The smallest absolute Gasteiger partial charge is 0.224 e. The molecule has 1 N–H and O–H groups in total. The molecule has 0 unspecified atom stereocenters. The van der Waals surface area contributed by atoms with Crippen molar-refractivity contribution in [1.82, 2.24) is 5.32 Å². The van der Waals surface area contributed by atoms with Crippen LogP contribution in [0.1, 0.15) is 25.3 Å². The molecule has 1 amide bonds. The van der Waals surface area contributed by atoms with Crippen molar-refractivity contribution < 1.29 is 14.3 Å². The van der Waals surface area contributed by atoms with Gasteiger partial charge in [-0.3, -0.25) is 4.79 Å². The third-order valence-electron chi connectivity index (χ3n) is 3.19. The fraction of sp³-hybridized carbons (Fsp3) is 0.533. The molecule has 1 aliphatic heterocycles. The van der Waals surface area contributed by atoms with Crippen LogP contribution in [-0.4, -0.2) is 31.8 Å². The van der Waals surface area contributed by atoms with Gasteiger partial charge in [0.15, 0.2) is 0 Å². The molecule has 0 aliphatic carbocycles. The van der Waals surface area contributed by atoms with E-state index < -0.39 is 0 Å². The van der Waals surface area contributed by atoms with E-state index in [-0.39, 0.29) is 11.9 Å². The SMILES string of the molecule is CCOc1ccc(CC(=O)NC2CCOCC2)cc1. The van der Waals surface area contributed by atoms with E-state index in [1.807, 2.05) is 31.2 Å². The molecule has 104 valence electrons. The number of benzene rings is 1. The van der Waals surface area contributed by atoms with Crippen LogP contribution in [0.15, 0.2) is 24.3 Å². The van der Waals surface area contributed by atoms with Gasteiger partial charge in [0.2, 0.25) is 5.91 Å². The molecule has 1 fully saturated rings. The van der Waals surface area contributed by atoms with Crippen LogP contribution in [0, 0.1) is 0 Å². The second-order valence-electron chi connectivity index (χ2n) is 4.71. The number of rotatable bonds is 5. The maximum Gasteiger partial charge on any atom is 0.224 e. The van der Waals surface area contributed by atoms with Crippen molar-refractivity contribution >= 4 is 5.91 Å². The highest BCUT2D eigenvalue weighted by Crippen LogP contribution is 2.13. The summed E-state index contributed by atoms with van der Waals surface area (Å²) in [4.78, 5) is 11.9. The van der Waals surface area contributed by atoms with Gasteiger partial charge in [-0.2, -0.15) is 0 Å². The number of hydrogen-bond acceptors (Lipinski definition) is 3. The summed E-state index contributed by atoms with van der Waals surface area (Å²) in [6, 6.07) is 7.95. The second-order valence-corrected chi connectivity index (χ2v) is 4.71. The quantitative estimate of drug-likeness (QED) is 0.883. The summed E-state index contributed by atoms with van der Waals surface area (Å²) in [5, 5.41) is 3.06. The van der Waals surface area contributed by atoms with Crippen molar-refractivity contribution in [3.63, 3.8) is 0 Å². The number of carbonyl (C=O) groups is 1. The Kier molecular flexibility index (Phi) is 5.21. The van der Waals surface area contributed by atoms with Gasteiger partial charge in [0, 0.05) is 19.3 Å². The maximum absolute atomic E-state index is 11.9. The van der Waals surface area contributed by atoms with Crippen LogP contribution >= 0.6 is 0 Å². The van der Waals surface area contributed by atoms with Gasteiger partial charge in [-0.1, -0.05) is 12.1 Å². The van der Waals surface area contributed by atoms with E-state index in [0.717, 1.165) is 37.4 Å². The molecule has 0 spiro atoms. The normalized spacial score (nSPS) is 16.1. The Morgan fingerprint density at radius 2 is 2.00 bits per heavy atom. The standard InChI is InChI=1S/C15H21NO3/c1-2-19-14-5-3-12(4-6-14)11-15(17)16-13-7-9-18-10-8-13/h3-6,13H,2,7-11H2,1H3,(H,16,17). The van der Waals surface area contributed by atoms with E-state index in [1.54, 1.807) is 0 Å². The zero-order valence-corrected chi connectivity index (χ0v) is 11.4. The molecule has 2 rings (SSSR count). The van der Waals surface area contributed by atoms with E-state index in [2.05, 4.69) is 5.32 Å². The van der Waals surface area contributed by atoms with E-state index in [0.29, 0.717) is 13.0 Å². The summed E-state index contributed by atoms with van der Waals surface area (Å²) in [5.41, 5.74) is 1.01. The van der Waals surface area contributed by atoms with Gasteiger partial charge in [0.05, 0.1) is 13.0 Å². The molecular formula is C15H21NO3. The Hall–Kier alpha value is -1.55. The third-order valence-corrected chi connectivity index (χ3v) is 3.19. The lowest BCUT2D eigenvalue weighted by molar-refractivity contribution is -0.121. The van der Waals surface area contributed by atoms with Crippen molar-refractivity contribution in [1.29, 1.82) is 0 Å². The maximum atomic E-state index is 11.9. The van der Waals surface area contributed by atoms with Gasteiger partial charge in [-0.15, -0.1) is 0 Å². The fourth-order valence-corrected chi connectivity index (χ4v) is 2.18. The van der Waals surface area contributed by atoms with Gasteiger partial charge in [-0.25, -0.2) is 0 Å². The van der Waals surface area contributed by atoms with Crippen molar-refractivity contribution in [2.75, 3.05) is 19.8 Å². The van der Waals surface area contributed by atoms with Gasteiger partial charge in [0.1, 0.15) is 5.75 Å². The number of carbonyl (C=O) groups excluding carboxylic acids is 1. The van der Waals surface area contributed by atoms with Crippen molar-refractivity contribution in [3.05, 3.63) is 29.8 Å². The lowest BCUT2D eigenvalue weighted by Crippen LogP contribution is -2.39. The van der Waals surface area contributed by atoms with Gasteiger partial charge in [-0.05, 0) is 37.5 Å². The Morgan fingerprint density at radius 3 is 2.63 bits per heavy atom. The minimum atomic E-state index is 0.0797. The summed E-state index contributed by atoms with van der Waals surface area (Å²) in [7, 11) is 0. The topological polar surface area (TPSA) is 47.6 Å². The highest BCUT2D eigenvalue weighted by Gasteiger charge is 2.15. The molecule has 0 saturated carbocycles. The molecule has 0 aromatic heterocycles. The van der Waals surface area contributed by atoms with Gasteiger partial charge >= 0.3 is 0 Å². The van der Waals surface area contributed by atoms with Gasteiger partial charge in [0.25, 0.3) is 0 Å². The molecule has 0 radical (unpaired) electrons. The Labute approximate surface area is 114 Å². The van der Waals surface area contributed by atoms with E-state index in [1.165, 1.54) is 0 Å². The summed E-state index contributed by atoms with van der Waals surface area (Å²) >= 11 is 0. The highest BCUT2D eigenvalue weighted by atomic mass is 16.5. The molecule has 1 aliphatic rings. The van der Waals surface area contributed by atoms with Crippen molar-refractivity contribution in [2.45, 2.75) is 32.2 Å². The molecule has 4 heteroatoms. The minimum absolute atomic E-state index is 0.0797. The van der Waals surface area contributed by atoms with Gasteiger partial charge < -0.3 is 14.8 Å². The Balaban J connectivity index is 1.80. The molecular weight excluding hydrogens is 242 g/mol. The monoisotopic (exact) mass is 263 g/mol. The first-order valence-corrected chi connectivity index (χ1v) is 6.87. The average molecular weight is 263 g/mol. The number of amides is 1. The van der Waals surface area contributed by atoms with Crippen molar-refractivity contribution in [2.24, 2.45) is 0 Å². The first-order chi connectivity index (χ1) is 9.28. The number of hydrogen-bond donors (Lipinski definition) is 1. The van der Waals surface area contributed by atoms with Crippen LogP contribution < -0.4 is 10.1 Å². The van der Waals surface area contributed by atoms with Crippen LogP contribution in [0.5, 0.6) is 5.75 Å². The molecule has 1 heterocycles. The first-order valence-electron chi connectivity index (χ1n) is 6.87. The predicted molar refractivity (Wildman–Crippen MR) is 73.3 cm³/mol. The molecule has 0 bridgehead atoms. The lowest BCUT2D eigenvalue weighted by Gasteiger charge is -2.23. The summed E-state index contributed by atoms with van der Waals surface area (Å²) in [6.45, 7) is 4.10. The third kappa shape index (κ3) is 4.56. The van der Waals surface area contributed by atoms with Crippen LogP contribution in [0.25, 0.3) is 0 Å². The van der Waals surface area contributed by atoms with Crippen LogP contribution in [0.3, 0.4) is 0 Å². The lowest BCUT2D eigenvalue weighted by atomic mass is 10.1. The largest absolute Gasteiger partial charge is 0.494 e. The van der Waals surface area contributed by atoms with Crippen molar-refractivity contribution in [3.8, 4) is 5.75 Å². The molecule has 0 atom stereocenters. The van der Waals surface area contributed by atoms with E-state index in [9.17, 15) is 4.79 Å². The Bertz CT molecular complexity index is 396. The first kappa shape index (κ1) is 13.9. The van der Waals surface area contributed by atoms with E-state index in [4.69, 9.17) is 9.47 Å². The average Bonchev–Trinajstić information content (AvgIpc) is 2.42. The van der Waals surface area contributed by atoms with Crippen LogP contribution in [0.4, 0.5) is 0 Å². The Morgan fingerprint density at radius 1 is 1.32 bits per heavy atom. The zero-order valence-electron chi connectivity index (χ0n) is 11.4. The number of ether oxygens (including phenoxy) is 2. The molecule has 1 aromatic rings. The van der Waals surface area contributed by atoms with Crippen LogP contribution in [0.2, 0.25) is 0 Å². The van der Waals surface area contributed by atoms with E-state index >= 15 is 0 Å².